The summed E-state index contributed by atoms with van der Waals surface area (Å²) in [5.74, 6) is 0. The average molecular weight is 269 g/mol. The van der Waals surface area contributed by atoms with Crippen LogP contribution < -0.4 is 0 Å². The van der Waals surface area contributed by atoms with Gasteiger partial charge in [-0.25, -0.2) is 9.97 Å². The smallest absolute Gasteiger partial charge is 0.0894 e. The number of para-hydroxylation sites is 3. The van der Waals surface area contributed by atoms with E-state index in [9.17, 15) is 0 Å². The zero-order valence-corrected chi connectivity index (χ0v) is 11.2. The summed E-state index contributed by atoms with van der Waals surface area (Å²) in [7, 11) is 0. The first-order valence-corrected chi connectivity index (χ1v) is 6.95. The minimum absolute atomic E-state index is 0.948. The highest BCUT2D eigenvalue weighted by Crippen LogP contribution is 2.28. The van der Waals surface area contributed by atoms with E-state index < -0.39 is 0 Å². The van der Waals surface area contributed by atoms with Gasteiger partial charge in [0, 0.05) is 10.8 Å². The second kappa shape index (κ2) is 3.79. The van der Waals surface area contributed by atoms with Crippen molar-refractivity contribution in [2.75, 3.05) is 0 Å². The second-order valence-corrected chi connectivity index (χ2v) is 5.27. The molecular weight excluding hydrogens is 258 g/mol. The molecule has 21 heavy (non-hydrogen) atoms. The molecule has 2 heterocycles. The summed E-state index contributed by atoms with van der Waals surface area (Å²) in [6, 6.07) is 20.5. The lowest BCUT2D eigenvalue weighted by atomic mass is 10.1. The predicted octanol–water partition coefficient (Wildman–Crippen LogP) is 4.42. The first-order valence-electron chi connectivity index (χ1n) is 6.95. The van der Waals surface area contributed by atoms with Crippen LogP contribution in [0.1, 0.15) is 0 Å². The van der Waals surface area contributed by atoms with E-state index in [1.807, 2.05) is 36.4 Å². The Hall–Kier alpha value is -2.94. The number of aromatic nitrogens is 3. The number of aromatic amines is 1. The highest BCUT2D eigenvalue weighted by atomic mass is 14.8. The molecule has 0 aliphatic rings. The van der Waals surface area contributed by atoms with Gasteiger partial charge in [0.05, 0.1) is 33.1 Å². The fraction of sp³-hybridized carbons (Fsp3) is 0. The van der Waals surface area contributed by atoms with Crippen molar-refractivity contribution in [1.29, 1.82) is 0 Å². The van der Waals surface area contributed by atoms with Gasteiger partial charge in [-0.1, -0.05) is 30.3 Å². The Morgan fingerprint density at radius 1 is 0.571 bits per heavy atom. The number of nitrogens with one attached hydrogen (secondary N) is 1. The molecule has 5 rings (SSSR count). The van der Waals surface area contributed by atoms with Crippen LogP contribution in [0.5, 0.6) is 0 Å². The van der Waals surface area contributed by atoms with Crippen LogP contribution >= 0.6 is 0 Å². The Balaban J connectivity index is 1.99. The Morgan fingerprint density at radius 2 is 1.33 bits per heavy atom. The molecule has 3 heteroatoms. The van der Waals surface area contributed by atoms with Crippen molar-refractivity contribution in [3.63, 3.8) is 0 Å². The largest absolute Gasteiger partial charge is 0.352 e. The van der Waals surface area contributed by atoms with Crippen molar-refractivity contribution in [1.82, 2.24) is 15.0 Å². The summed E-state index contributed by atoms with van der Waals surface area (Å²) in [5.41, 5.74) is 6.05. The molecule has 3 nitrogen and oxygen atoms in total. The van der Waals surface area contributed by atoms with Gasteiger partial charge in [-0.3, -0.25) is 0 Å². The Kier molecular flexibility index (Phi) is 1.95. The van der Waals surface area contributed by atoms with Gasteiger partial charge in [0.15, 0.2) is 0 Å². The van der Waals surface area contributed by atoms with Crippen molar-refractivity contribution >= 4 is 43.9 Å². The summed E-state index contributed by atoms with van der Waals surface area (Å²) in [6.45, 7) is 0. The number of hydrogen-bond donors (Lipinski definition) is 1. The lowest BCUT2D eigenvalue weighted by Gasteiger charge is -2.02. The molecule has 0 aliphatic heterocycles. The molecule has 0 radical (unpaired) electrons. The fourth-order valence-electron chi connectivity index (χ4n) is 2.96. The van der Waals surface area contributed by atoms with E-state index in [-0.39, 0.29) is 0 Å². The number of fused-ring (bicyclic) bond motifs is 5. The lowest BCUT2D eigenvalue weighted by molar-refractivity contribution is 1.40. The van der Waals surface area contributed by atoms with Crippen LogP contribution in [-0.4, -0.2) is 15.0 Å². The summed E-state index contributed by atoms with van der Waals surface area (Å²) >= 11 is 0. The molecule has 0 amide bonds. The summed E-state index contributed by atoms with van der Waals surface area (Å²) < 4.78 is 0. The molecular formula is C18H11N3. The van der Waals surface area contributed by atoms with Gasteiger partial charge in [0.25, 0.3) is 0 Å². The molecule has 2 aromatic heterocycles. The van der Waals surface area contributed by atoms with Crippen LogP contribution in [0.4, 0.5) is 0 Å². The van der Waals surface area contributed by atoms with Crippen LogP contribution in [0.25, 0.3) is 43.9 Å². The Bertz CT molecular complexity index is 1130. The highest BCUT2D eigenvalue weighted by Gasteiger charge is 2.08. The van der Waals surface area contributed by atoms with E-state index in [0.717, 1.165) is 33.1 Å². The summed E-state index contributed by atoms with van der Waals surface area (Å²) in [4.78, 5) is 12.9. The number of benzene rings is 3. The third-order valence-electron chi connectivity index (χ3n) is 3.96. The number of rotatable bonds is 0. The van der Waals surface area contributed by atoms with Crippen LogP contribution in [0, 0.1) is 0 Å². The molecule has 5 aromatic rings. The van der Waals surface area contributed by atoms with Crippen molar-refractivity contribution in [3.05, 3.63) is 60.7 Å². The van der Waals surface area contributed by atoms with Crippen molar-refractivity contribution in [3.8, 4) is 0 Å². The zero-order valence-electron chi connectivity index (χ0n) is 11.2. The lowest BCUT2D eigenvalue weighted by Crippen LogP contribution is -1.87. The molecule has 0 unspecified atom stereocenters. The van der Waals surface area contributed by atoms with Crippen LogP contribution in [-0.2, 0) is 0 Å². The van der Waals surface area contributed by atoms with Crippen LogP contribution in [0.2, 0.25) is 0 Å². The maximum absolute atomic E-state index is 4.73. The maximum atomic E-state index is 4.73. The molecule has 0 atom stereocenters. The Labute approximate surface area is 120 Å². The summed E-state index contributed by atoms with van der Waals surface area (Å²) in [6.07, 6.45) is 0. The van der Waals surface area contributed by atoms with E-state index in [1.165, 1.54) is 10.8 Å². The molecule has 3 aromatic carbocycles. The Morgan fingerprint density at radius 3 is 2.29 bits per heavy atom. The molecule has 1 N–H and O–H groups in total. The first-order chi connectivity index (χ1) is 10.4. The van der Waals surface area contributed by atoms with E-state index in [2.05, 4.69) is 29.2 Å². The fourth-order valence-corrected chi connectivity index (χ4v) is 2.96. The van der Waals surface area contributed by atoms with Crippen LogP contribution in [0.3, 0.4) is 0 Å². The van der Waals surface area contributed by atoms with Gasteiger partial charge in [-0.2, -0.15) is 0 Å². The third kappa shape index (κ3) is 1.48. The zero-order chi connectivity index (χ0) is 13.8. The maximum Gasteiger partial charge on any atom is 0.0894 e. The normalized spacial score (nSPS) is 11.8. The van der Waals surface area contributed by atoms with Gasteiger partial charge < -0.3 is 4.98 Å². The van der Waals surface area contributed by atoms with Crippen molar-refractivity contribution in [2.45, 2.75) is 0 Å². The molecule has 0 spiro atoms. The quantitative estimate of drug-likeness (QED) is 0.423. The van der Waals surface area contributed by atoms with E-state index in [1.54, 1.807) is 0 Å². The second-order valence-electron chi connectivity index (χ2n) is 5.27. The van der Waals surface area contributed by atoms with Crippen molar-refractivity contribution < 1.29 is 0 Å². The van der Waals surface area contributed by atoms with Gasteiger partial charge >= 0.3 is 0 Å². The van der Waals surface area contributed by atoms with Gasteiger partial charge in [-0.15, -0.1) is 0 Å². The minimum Gasteiger partial charge on any atom is -0.352 e. The van der Waals surface area contributed by atoms with E-state index >= 15 is 0 Å². The van der Waals surface area contributed by atoms with Gasteiger partial charge in [0.1, 0.15) is 0 Å². The van der Waals surface area contributed by atoms with E-state index in [4.69, 9.17) is 9.97 Å². The highest BCUT2D eigenvalue weighted by molar-refractivity contribution is 6.11. The standard InChI is InChI=1S/C18H11N3/c1-2-6-13-11(5-1)12-9-17-18(10-16(12)19-13)21-15-8-4-3-7-14(15)20-17/h1-10,20H. The SMILES string of the molecule is c1ccc2[nH]c3cc4c(cc3nc2c1)nc1ccccc14. The number of hydrogen-bond acceptors (Lipinski definition) is 2. The topological polar surface area (TPSA) is 41.6 Å². The van der Waals surface area contributed by atoms with Gasteiger partial charge in [0.2, 0.25) is 0 Å². The van der Waals surface area contributed by atoms with Crippen molar-refractivity contribution in [2.24, 2.45) is 0 Å². The average Bonchev–Trinajstić information content (AvgIpc) is 2.88. The molecule has 0 fully saturated rings. The molecule has 98 valence electrons. The molecule has 0 aliphatic carbocycles. The minimum atomic E-state index is 0.948. The molecule has 0 saturated heterocycles. The van der Waals surface area contributed by atoms with E-state index in [0.29, 0.717) is 0 Å². The van der Waals surface area contributed by atoms with Crippen LogP contribution in [0.15, 0.2) is 60.7 Å². The summed E-state index contributed by atoms with van der Waals surface area (Å²) in [5, 5.41) is 2.36. The number of H-pyrrole nitrogens is 1. The first kappa shape index (κ1) is 10.8. The third-order valence-corrected chi connectivity index (χ3v) is 3.96. The molecule has 0 bridgehead atoms. The molecule has 0 saturated carbocycles. The van der Waals surface area contributed by atoms with Gasteiger partial charge in [-0.05, 0) is 30.3 Å². The monoisotopic (exact) mass is 269 g/mol. The number of nitrogens with zero attached hydrogens (tertiary/aromatic N) is 2. The predicted molar refractivity (Wildman–Crippen MR) is 86.4 cm³/mol.